The Labute approximate surface area is 102 Å². The molecule has 4 heteroatoms. The van der Waals surface area contributed by atoms with Gasteiger partial charge < -0.3 is 15.4 Å². The molecule has 0 bridgehead atoms. The summed E-state index contributed by atoms with van der Waals surface area (Å²) in [6.45, 7) is 2.28. The molecule has 1 saturated heterocycles. The minimum Gasteiger partial charge on any atom is -0.371 e. The topological polar surface area (TPSA) is 55.6 Å². The molecule has 1 amide bonds. The largest absolute Gasteiger partial charge is 0.371 e. The van der Waals surface area contributed by atoms with E-state index in [1.54, 1.807) is 0 Å². The van der Waals surface area contributed by atoms with E-state index in [-0.39, 0.29) is 5.60 Å². The fraction of sp³-hybridized carbons (Fsp3) is 0.923. The van der Waals surface area contributed by atoms with Crippen molar-refractivity contribution in [1.82, 2.24) is 4.90 Å². The van der Waals surface area contributed by atoms with Gasteiger partial charge in [-0.15, -0.1) is 0 Å². The third-order valence-electron chi connectivity index (χ3n) is 4.43. The van der Waals surface area contributed by atoms with Gasteiger partial charge in [0.15, 0.2) is 0 Å². The highest BCUT2D eigenvalue weighted by Crippen LogP contribution is 2.37. The van der Waals surface area contributed by atoms with Crippen molar-refractivity contribution in [2.24, 2.45) is 11.7 Å². The molecule has 3 fully saturated rings. The summed E-state index contributed by atoms with van der Waals surface area (Å²) in [5, 5.41) is 0. The number of amides is 1. The maximum atomic E-state index is 12.1. The fourth-order valence-corrected chi connectivity index (χ4v) is 3.09. The van der Waals surface area contributed by atoms with Gasteiger partial charge in [-0.2, -0.15) is 0 Å². The van der Waals surface area contributed by atoms with Crippen molar-refractivity contribution < 1.29 is 9.53 Å². The van der Waals surface area contributed by atoms with Gasteiger partial charge in [-0.05, 0) is 38.5 Å². The number of rotatable bonds is 1. The summed E-state index contributed by atoms with van der Waals surface area (Å²) in [6.07, 6.45) is 6.28. The average Bonchev–Trinajstić information content (AvgIpc) is 3.17. The Morgan fingerprint density at radius 1 is 1.24 bits per heavy atom. The third kappa shape index (κ3) is 2.33. The zero-order valence-corrected chi connectivity index (χ0v) is 10.4. The highest BCUT2D eigenvalue weighted by molar-refractivity contribution is 5.81. The molecule has 0 unspecified atom stereocenters. The van der Waals surface area contributed by atoms with Gasteiger partial charge in [-0.25, -0.2) is 0 Å². The second-order valence-electron chi connectivity index (χ2n) is 5.90. The van der Waals surface area contributed by atoms with Crippen molar-refractivity contribution in [1.29, 1.82) is 0 Å². The summed E-state index contributed by atoms with van der Waals surface area (Å²) in [4.78, 5) is 14.1. The Kier molecular flexibility index (Phi) is 2.87. The van der Waals surface area contributed by atoms with Crippen molar-refractivity contribution >= 4 is 5.91 Å². The van der Waals surface area contributed by atoms with Gasteiger partial charge in [-0.3, -0.25) is 4.79 Å². The van der Waals surface area contributed by atoms with Crippen LogP contribution < -0.4 is 5.73 Å². The molecule has 1 heterocycles. The van der Waals surface area contributed by atoms with E-state index in [0.717, 1.165) is 51.6 Å². The lowest BCUT2D eigenvalue weighted by molar-refractivity contribution is -0.158. The minimum absolute atomic E-state index is 0.0708. The number of morpholine rings is 1. The standard InChI is InChI=1S/C13H22N2O2/c14-11-3-5-13(6-4-11)9-15(7-8-17-13)12(16)10-1-2-10/h10-11H,1-9,14H2. The quantitative estimate of drug-likeness (QED) is 0.738. The molecule has 3 aliphatic rings. The van der Waals surface area contributed by atoms with Gasteiger partial charge >= 0.3 is 0 Å². The molecule has 3 rings (SSSR count). The van der Waals surface area contributed by atoms with Crippen LogP contribution in [0, 0.1) is 5.92 Å². The van der Waals surface area contributed by atoms with Crippen LogP contribution in [0.1, 0.15) is 38.5 Å². The number of carbonyl (C=O) groups excluding carboxylic acids is 1. The van der Waals surface area contributed by atoms with Crippen LogP contribution in [0.2, 0.25) is 0 Å². The maximum Gasteiger partial charge on any atom is 0.225 e. The van der Waals surface area contributed by atoms with Crippen LogP contribution in [-0.2, 0) is 9.53 Å². The van der Waals surface area contributed by atoms with Crippen LogP contribution in [0.5, 0.6) is 0 Å². The van der Waals surface area contributed by atoms with E-state index < -0.39 is 0 Å². The molecule has 0 aromatic heterocycles. The van der Waals surface area contributed by atoms with Gasteiger partial charge in [0.1, 0.15) is 0 Å². The molecule has 0 aromatic rings. The summed E-state index contributed by atoms with van der Waals surface area (Å²) in [6, 6.07) is 0.332. The van der Waals surface area contributed by atoms with Crippen LogP contribution in [-0.4, -0.2) is 42.1 Å². The molecule has 0 aromatic carbocycles. The van der Waals surface area contributed by atoms with Crippen molar-refractivity contribution in [2.45, 2.75) is 50.2 Å². The number of hydrogen-bond donors (Lipinski definition) is 1. The Morgan fingerprint density at radius 2 is 1.94 bits per heavy atom. The first-order chi connectivity index (χ1) is 8.19. The van der Waals surface area contributed by atoms with E-state index in [2.05, 4.69) is 0 Å². The Hall–Kier alpha value is -0.610. The van der Waals surface area contributed by atoms with Crippen molar-refractivity contribution in [2.75, 3.05) is 19.7 Å². The minimum atomic E-state index is -0.0708. The lowest BCUT2D eigenvalue weighted by Crippen LogP contribution is -2.56. The van der Waals surface area contributed by atoms with Gasteiger partial charge in [0.2, 0.25) is 5.91 Å². The highest BCUT2D eigenvalue weighted by atomic mass is 16.5. The summed E-state index contributed by atoms with van der Waals surface area (Å²) in [7, 11) is 0. The number of ether oxygens (including phenoxy) is 1. The van der Waals surface area contributed by atoms with Gasteiger partial charge in [0.05, 0.1) is 12.2 Å². The summed E-state index contributed by atoms with van der Waals surface area (Å²) < 4.78 is 5.99. The zero-order valence-electron chi connectivity index (χ0n) is 10.4. The van der Waals surface area contributed by atoms with Gasteiger partial charge in [0, 0.05) is 25.0 Å². The fourth-order valence-electron chi connectivity index (χ4n) is 3.09. The smallest absolute Gasteiger partial charge is 0.225 e. The summed E-state index contributed by atoms with van der Waals surface area (Å²) >= 11 is 0. The lowest BCUT2D eigenvalue weighted by atomic mass is 9.81. The Balaban J connectivity index is 1.64. The van der Waals surface area contributed by atoms with Gasteiger partial charge in [0.25, 0.3) is 0 Å². The second-order valence-corrected chi connectivity index (χ2v) is 5.90. The van der Waals surface area contributed by atoms with E-state index in [1.807, 2.05) is 4.90 Å². The lowest BCUT2D eigenvalue weighted by Gasteiger charge is -2.46. The first kappa shape index (κ1) is 11.5. The normalized spacial score (nSPS) is 38.4. The molecular weight excluding hydrogens is 216 g/mol. The van der Waals surface area contributed by atoms with Crippen molar-refractivity contribution in [3.05, 3.63) is 0 Å². The monoisotopic (exact) mass is 238 g/mol. The van der Waals surface area contributed by atoms with Crippen molar-refractivity contribution in [3.8, 4) is 0 Å². The molecule has 2 N–H and O–H groups in total. The predicted molar refractivity (Wildman–Crippen MR) is 64.4 cm³/mol. The van der Waals surface area contributed by atoms with E-state index in [9.17, 15) is 4.79 Å². The van der Waals surface area contributed by atoms with E-state index in [1.165, 1.54) is 0 Å². The molecule has 1 spiro atoms. The molecular formula is C13H22N2O2. The van der Waals surface area contributed by atoms with Crippen LogP contribution in [0.15, 0.2) is 0 Å². The first-order valence-corrected chi connectivity index (χ1v) is 6.87. The summed E-state index contributed by atoms with van der Waals surface area (Å²) in [5.74, 6) is 0.693. The number of nitrogens with two attached hydrogens (primary N) is 1. The SMILES string of the molecule is NC1CCC2(CC1)CN(C(=O)C1CC1)CCO2. The van der Waals surface area contributed by atoms with Crippen LogP contribution >= 0.6 is 0 Å². The molecule has 17 heavy (non-hydrogen) atoms. The molecule has 96 valence electrons. The molecule has 4 nitrogen and oxygen atoms in total. The first-order valence-electron chi connectivity index (χ1n) is 6.87. The predicted octanol–water partition coefficient (Wildman–Crippen LogP) is 0.895. The molecule has 2 aliphatic carbocycles. The van der Waals surface area contributed by atoms with Crippen molar-refractivity contribution in [3.63, 3.8) is 0 Å². The molecule has 0 atom stereocenters. The van der Waals surface area contributed by atoms with Crippen LogP contribution in [0.4, 0.5) is 0 Å². The number of nitrogens with zero attached hydrogens (tertiary/aromatic N) is 1. The van der Waals surface area contributed by atoms with Crippen LogP contribution in [0.3, 0.4) is 0 Å². The van der Waals surface area contributed by atoms with Crippen LogP contribution in [0.25, 0.3) is 0 Å². The number of hydrogen-bond acceptors (Lipinski definition) is 3. The second kappa shape index (κ2) is 4.25. The average molecular weight is 238 g/mol. The maximum absolute atomic E-state index is 12.1. The Bertz CT molecular complexity index is 307. The third-order valence-corrected chi connectivity index (χ3v) is 4.43. The van der Waals surface area contributed by atoms with E-state index in [0.29, 0.717) is 24.5 Å². The van der Waals surface area contributed by atoms with Gasteiger partial charge in [-0.1, -0.05) is 0 Å². The van der Waals surface area contributed by atoms with E-state index in [4.69, 9.17) is 10.5 Å². The molecule has 2 saturated carbocycles. The summed E-state index contributed by atoms with van der Waals surface area (Å²) in [5.41, 5.74) is 5.87. The molecule has 0 radical (unpaired) electrons. The number of carbonyl (C=O) groups is 1. The zero-order chi connectivity index (χ0) is 11.9. The Morgan fingerprint density at radius 3 is 2.59 bits per heavy atom. The van der Waals surface area contributed by atoms with E-state index >= 15 is 0 Å². The molecule has 1 aliphatic heterocycles. The highest BCUT2D eigenvalue weighted by Gasteiger charge is 2.43.